The number of hydrogen-bond donors (Lipinski definition) is 0. The molecule has 2 rings (SSSR count). The highest BCUT2D eigenvalue weighted by Gasteiger charge is 2.09. The Morgan fingerprint density at radius 2 is 1.82 bits per heavy atom. The quantitative estimate of drug-likeness (QED) is 0.761. The molecule has 3 heteroatoms. The van der Waals surface area contributed by atoms with Gasteiger partial charge in [-0.2, -0.15) is 5.26 Å². The highest BCUT2D eigenvalue weighted by atomic mass is 35.5. The maximum absolute atomic E-state index is 8.91. The van der Waals surface area contributed by atoms with Gasteiger partial charge in [0.25, 0.3) is 0 Å². The number of aromatic nitrogens is 1. The third-order valence-electron chi connectivity index (χ3n) is 2.58. The van der Waals surface area contributed by atoms with Crippen LogP contribution in [0.25, 0.3) is 11.3 Å². The Balaban J connectivity index is 2.63. The van der Waals surface area contributed by atoms with Crippen LogP contribution in [-0.2, 0) is 0 Å². The molecule has 0 saturated carbocycles. The predicted molar refractivity (Wildman–Crippen MR) is 68.9 cm³/mol. The van der Waals surface area contributed by atoms with Gasteiger partial charge in [-0.15, -0.1) is 0 Å². The van der Waals surface area contributed by atoms with Crippen molar-refractivity contribution in [3.63, 3.8) is 0 Å². The first-order valence-electron chi connectivity index (χ1n) is 5.26. The van der Waals surface area contributed by atoms with Crippen LogP contribution in [0.15, 0.2) is 30.3 Å². The number of hydrogen-bond acceptors (Lipinski definition) is 2. The molecule has 0 aliphatic heterocycles. The first kappa shape index (κ1) is 11.6. The molecule has 84 valence electrons. The number of benzene rings is 1. The summed E-state index contributed by atoms with van der Waals surface area (Å²) < 4.78 is 0. The van der Waals surface area contributed by atoms with Crippen LogP contribution < -0.4 is 0 Å². The molecule has 0 aliphatic rings. The topological polar surface area (TPSA) is 36.7 Å². The van der Waals surface area contributed by atoms with Crippen molar-refractivity contribution in [2.45, 2.75) is 13.8 Å². The Labute approximate surface area is 105 Å². The first-order valence-corrected chi connectivity index (χ1v) is 5.64. The average molecular weight is 243 g/mol. The van der Waals surface area contributed by atoms with Crippen LogP contribution in [0.2, 0.25) is 5.02 Å². The maximum Gasteiger partial charge on any atom is 0.141 e. The van der Waals surface area contributed by atoms with Crippen LogP contribution in [0.5, 0.6) is 0 Å². The van der Waals surface area contributed by atoms with Crippen LogP contribution in [0.1, 0.15) is 16.8 Å². The molecule has 2 aromatic rings. The summed E-state index contributed by atoms with van der Waals surface area (Å²) in [6.07, 6.45) is 0. The lowest BCUT2D eigenvalue weighted by molar-refractivity contribution is 1.23. The highest BCUT2D eigenvalue weighted by molar-refractivity contribution is 6.33. The molecule has 0 atom stereocenters. The average Bonchev–Trinajstić information content (AvgIpc) is 2.34. The molecule has 2 nitrogen and oxygen atoms in total. The molecule has 0 unspecified atom stereocenters. The van der Waals surface area contributed by atoms with Gasteiger partial charge in [-0.25, -0.2) is 4.98 Å². The molecule has 0 fully saturated rings. The lowest BCUT2D eigenvalue weighted by Gasteiger charge is -2.07. The van der Waals surface area contributed by atoms with E-state index in [4.69, 9.17) is 16.9 Å². The minimum Gasteiger partial charge on any atom is -0.236 e. The van der Waals surface area contributed by atoms with Crippen molar-refractivity contribution in [2.75, 3.05) is 0 Å². The summed E-state index contributed by atoms with van der Waals surface area (Å²) in [5.74, 6) is 0. The smallest absolute Gasteiger partial charge is 0.141 e. The van der Waals surface area contributed by atoms with E-state index in [1.54, 1.807) is 6.07 Å². The van der Waals surface area contributed by atoms with Crippen molar-refractivity contribution in [3.05, 3.63) is 52.2 Å². The summed E-state index contributed by atoms with van der Waals surface area (Å²) in [5.41, 5.74) is 4.04. The molecule has 0 N–H and O–H groups in total. The van der Waals surface area contributed by atoms with Crippen molar-refractivity contribution in [1.82, 2.24) is 4.98 Å². The Morgan fingerprint density at radius 3 is 2.41 bits per heavy atom. The third-order valence-corrected chi connectivity index (χ3v) is 3.06. The first-order chi connectivity index (χ1) is 8.11. The molecule has 0 spiro atoms. The van der Waals surface area contributed by atoms with Crippen molar-refractivity contribution in [3.8, 4) is 17.3 Å². The van der Waals surface area contributed by atoms with Gasteiger partial charge in [0.1, 0.15) is 11.8 Å². The number of nitrogens with zero attached hydrogens (tertiary/aromatic N) is 2. The lowest BCUT2D eigenvalue weighted by atomic mass is 10.1. The summed E-state index contributed by atoms with van der Waals surface area (Å²) in [6.45, 7) is 3.90. The third kappa shape index (κ3) is 2.30. The zero-order chi connectivity index (χ0) is 12.4. The molecule has 0 saturated heterocycles. The van der Waals surface area contributed by atoms with E-state index in [-0.39, 0.29) is 0 Å². The highest BCUT2D eigenvalue weighted by Crippen LogP contribution is 2.29. The number of halogens is 1. The number of rotatable bonds is 1. The molecule has 0 bridgehead atoms. The summed E-state index contributed by atoms with van der Waals surface area (Å²) in [7, 11) is 0. The van der Waals surface area contributed by atoms with Crippen LogP contribution in [-0.4, -0.2) is 4.98 Å². The molecule has 1 heterocycles. The molecule has 0 amide bonds. The number of nitriles is 1. The predicted octanol–water partition coefficient (Wildman–Crippen LogP) is 3.89. The normalized spacial score (nSPS) is 10.0. The fourth-order valence-corrected chi connectivity index (χ4v) is 1.82. The Hall–Kier alpha value is -1.85. The maximum atomic E-state index is 8.91. The Bertz CT molecular complexity index is 595. The second kappa shape index (κ2) is 4.57. The van der Waals surface area contributed by atoms with E-state index in [0.29, 0.717) is 16.4 Å². The van der Waals surface area contributed by atoms with E-state index in [2.05, 4.69) is 4.98 Å². The SMILES string of the molecule is Cc1ccc(-c2nc(C#N)cc(C)c2Cl)cc1. The lowest BCUT2D eigenvalue weighted by Crippen LogP contribution is -1.92. The van der Waals surface area contributed by atoms with E-state index in [1.807, 2.05) is 44.2 Å². The second-order valence-corrected chi connectivity index (χ2v) is 4.34. The Kier molecular flexibility index (Phi) is 3.12. The zero-order valence-electron chi connectivity index (χ0n) is 9.66. The van der Waals surface area contributed by atoms with Crippen LogP contribution in [0.4, 0.5) is 0 Å². The van der Waals surface area contributed by atoms with Crippen molar-refractivity contribution >= 4 is 11.6 Å². The molecular formula is C14H11ClN2. The number of pyridine rings is 1. The monoisotopic (exact) mass is 242 g/mol. The van der Waals surface area contributed by atoms with Gasteiger partial charge in [-0.1, -0.05) is 41.4 Å². The van der Waals surface area contributed by atoms with E-state index in [0.717, 1.165) is 11.1 Å². The van der Waals surface area contributed by atoms with E-state index in [1.165, 1.54) is 5.56 Å². The van der Waals surface area contributed by atoms with Gasteiger partial charge < -0.3 is 0 Å². The molecule has 1 aromatic carbocycles. The largest absolute Gasteiger partial charge is 0.236 e. The van der Waals surface area contributed by atoms with Crippen LogP contribution in [0, 0.1) is 25.2 Å². The van der Waals surface area contributed by atoms with E-state index >= 15 is 0 Å². The van der Waals surface area contributed by atoms with Gasteiger partial charge in [0.15, 0.2) is 0 Å². The van der Waals surface area contributed by atoms with E-state index < -0.39 is 0 Å². The van der Waals surface area contributed by atoms with Gasteiger partial charge >= 0.3 is 0 Å². The summed E-state index contributed by atoms with van der Waals surface area (Å²) in [6, 6.07) is 11.7. The fourth-order valence-electron chi connectivity index (χ4n) is 1.62. The van der Waals surface area contributed by atoms with Crippen molar-refractivity contribution in [1.29, 1.82) is 5.26 Å². The van der Waals surface area contributed by atoms with Gasteiger partial charge in [0, 0.05) is 5.56 Å². The summed E-state index contributed by atoms with van der Waals surface area (Å²) in [5, 5.41) is 9.52. The van der Waals surface area contributed by atoms with Crippen LogP contribution in [0.3, 0.4) is 0 Å². The molecule has 1 aromatic heterocycles. The zero-order valence-corrected chi connectivity index (χ0v) is 10.4. The van der Waals surface area contributed by atoms with Gasteiger partial charge in [-0.3, -0.25) is 0 Å². The standard InChI is InChI=1S/C14H11ClN2/c1-9-3-5-11(6-4-9)14-13(15)10(2)7-12(8-16)17-14/h3-7H,1-2H3. The Morgan fingerprint density at radius 1 is 1.18 bits per heavy atom. The molecule has 0 aliphatic carbocycles. The van der Waals surface area contributed by atoms with Gasteiger partial charge in [-0.05, 0) is 25.5 Å². The fraction of sp³-hybridized carbons (Fsp3) is 0.143. The van der Waals surface area contributed by atoms with Gasteiger partial charge in [0.05, 0.1) is 10.7 Å². The molecular weight excluding hydrogens is 232 g/mol. The van der Waals surface area contributed by atoms with Crippen LogP contribution >= 0.6 is 11.6 Å². The van der Waals surface area contributed by atoms with E-state index in [9.17, 15) is 0 Å². The summed E-state index contributed by atoms with van der Waals surface area (Å²) in [4.78, 5) is 4.26. The van der Waals surface area contributed by atoms with Crippen molar-refractivity contribution < 1.29 is 0 Å². The molecule has 0 radical (unpaired) electrons. The molecule has 17 heavy (non-hydrogen) atoms. The number of aryl methyl sites for hydroxylation is 2. The minimum absolute atomic E-state index is 0.391. The second-order valence-electron chi connectivity index (χ2n) is 3.96. The summed E-state index contributed by atoms with van der Waals surface area (Å²) >= 11 is 6.22. The van der Waals surface area contributed by atoms with Gasteiger partial charge in [0.2, 0.25) is 0 Å². The van der Waals surface area contributed by atoms with Crippen molar-refractivity contribution in [2.24, 2.45) is 0 Å². The minimum atomic E-state index is 0.391.